The summed E-state index contributed by atoms with van der Waals surface area (Å²) in [5, 5.41) is 3.24. The van der Waals surface area contributed by atoms with Gasteiger partial charge in [-0.25, -0.2) is 28.5 Å². The fourth-order valence-corrected chi connectivity index (χ4v) is 4.47. The lowest BCUT2D eigenvalue weighted by Crippen LogP contribution is -2.45. The minimum Gasteiger partial charge on any atom is -0.351 e. The van der Waals surface area contributed by atoms with Crippen LogP contribution in [0.25, 0.3) is 11.3 Å². The zero-order valence-corrected chi connectivity index (χ0v) is 17.4. The van der Waals surface area contributed by atoms with Gasteiger partial charge in [0.2, 0.25) is 11.9 Å². The van der Waals surface area contributed by atoms with Gasteiger partial charge in [0.1, 0.15) is 0 Å². The summed E-state index contributed by atoms with van der Waals surface area (Å²) in [6, 6.07) is 2.52. The topological polar surface area (TPSA) is 118 Å². The highest BCUT2D eigenvalue weighted by molar-refractivity contribution is 5.59. The molecule has 0 atom stereocenters. The molecule has 1 saturated heterocycles. The van der Waals surface area contributed by atoms with Crippen LogP contribution in [-0.4, -0.2) is 49.0 Å². The first-order valence-electron chi connectivity index (χ1n) is 10.6. The summed E-state index contributed by atoms with van der Waals surface area (Å²) in [4.78, 5) is 35.3. The van der Waals surface area contributed by atoms with Gasteiger partial charge in [-0.05, 0) is 36.1 Å². The van der Waals surface area contributed by atoms with Gasteiger partial charge in [0.25, 0.3) is 0 Å². The third-order valence-electron chi connectivity index (χ3n) is 6.27. The number of imidazole rings is 2. The molecule has 33 heavy (non-hydrogen) atoms. The average Bonchev–Trinajstić information content (AvgIpc) is 3.49. The van der Waals surface area contributed by atoms with E-state index in [1.165, 1.54) is 12.1 Å². The Kier molecular flexibility index (Phi) is 4.49. The van der Waals surface area contributed by atoms with Gasteiger partial charge in [-0.3, -0.25) is 0 Å². The molecule has 0 radical (unpaired) electrons. The monoisotopic (exact) mass is 450 g/mol. The molecule has 1 aliphatic heterocycles. The van der Waals surface area contributed by atoms with Crippen LogP contribution in [0.1, 0.15) is 22.7 Å². The van der Waals surface area contributed by atoms with E-state index in [-0.39, 0.29) is 17.6 Å². The van der Waals surface area contributed by atoms with Gasteiger partial charge >= 0.3 is 5.69 Å². The van der Waals surface area contributed by atoms with Crippen LogP contribution < -0.4 is 15.9 Å². The molecule has 168 valence electrons. The summed E-state index contributed by atoms with van der Waals surface area (Å²) in [5.74, 6) is -0.155. The number of hydrogen-bond donors (Lipinski definition) is 4. The number of nitrogens with one attached hydrogen (secondary N) is 4. The largest absolute Gasteiger partial charge is 0.351 e. The predicted octanol–water partition coefficient (Wildman–Crippen LogP) is 2.34. The fourth-order valence-electron chi connectivity index (χ4n) is 4.47. The predicted molar refractivity (Wildman–Crippen MR) is 117 cm³/mol. The first-order chi connectivity index (χ1) is 16.0. The van der Waals surface area contributed by atoms with E-state index in [4.69, 9.17) is 0 Å². The molecule has 1 fully saturated rings. The van der Waals surface area contributed by atoms with E-state index in [0.29, 0.717) is 18.8 Å². The Morgan fingerprint density at radius 2 is 1.67 bits per heavy atom. The first-order valence-corrected chi connectivity index (χ1v) is 10.6. The number of hydrogen-bond acceptors (Lipinski definition) is 6. The molecule has 11 heteroatoms. The molecular formula is C22H20F2N8O. The number of nitrogens with zero attached hydrogens (tertiary/aromatic N) is 4. The van der Waals surface area contributed by atoms with Gasteiger partial charge in [-0.15, -0.1) is 0 Å². The summed E-state index contributed by atoms with van der Waals surface area (Å²) < 4.78 is 26.9. The highest BCUT2D eigenvalue weighted by Crippen LogP contribution is 2.30. The molecule has 0 amide bonds. The molecule has 3 aromatic heterocycles. The van der Waals surface area contributed by atoms with Crippen LogP contribution in [0.5, 0.6) is 0 Å². The smallest absolute Gasteiger partial charge is 0.323 e. The standard InChI is InChI=1S/C22H20F2N8O/c23-16-3-11-1-15(2-12(11)4-17(16)24)29-20-25-5-13(6-26-20)18-7-27-21(30-18)32-9-14(10-32)19-8-28-22(33)31-19/h3-8,14-15H,1-2,9-10H2,(H,27,30)(H,25,26,29)(H2,28,31,33). The Balaban J connectivity index is 1.08. The molecular weight excluding hydrogens is 430 g/mol. The van der Waals surface area contributed by atoms with E-state index in [1.54, 1.807) is 24.8 Å². The second kappa shape index (κ2) is 7.54. The van der Waals surface area contributed by atoms with Gasteiger partial charge in [0, 0.05) is 54.9 Å². The van der Waals surface area contributed by atoms with Gasteiger partial charge in [0.05, 0.1) is 11.9 Å². The van der Waals surface area contributed by atoms with Crippen LogP contribution in [0.3, 0.4) is 0 Å². The van der Waals surface area contributed by atoms with Crippen molar-refractivity contribution in [1.82, 2.24) is 29.9 Å². The van der Waals surface area contributed by atoms with Crippen molar-refractivity contribution in [2.45, 2.75) is 24.8 Å². The van der Waals surface area contributed by atoms with Crippen molar-refractivity contribution in [2.75, 3.05) is 23.3 Å². The van der Waals surface area contributed by atoms with Gasteiger partial charge in [-0.2, -0.15) is 0 Å². The number of benzene rings is 1. The first kappa shape index (κ1) is 19.6. The van der Waals surface area contributed by atoms with E-state index < -0.39 is 11.6 Å². The quantitative estimate of drug-likeness (QED) is 0.371. The number of halogens is 2. The summed E-state index contributed by atoms with van der Waals surface area (Å²) in [6.45, 7) is 1.52. The van der Waals surface area contributed by atoms with Crippen molar-refractivity contribution in [2.24, 2.45) is 0 Å². The molecule has 4 heterocycles. The zero-order chi connectivity index (χ0) is 22.5. The Hall–Kier alpha value is -4.02. The second-order valence-electron chi connectivity index (χ2n) is 8.50. The lowest BCUT2D eigenvalue weighted by atomic mass is 9.98. The molecule has 0 bridgehead atoms. The average molecular weight is 450 g/mol. The zero-order valence-electron chi connectivity index (χ0n) is 17.4. The van der Waals surface area contributed by atoms with Crippen molar-refractivity contribution in [3.8, 4) is 11.3 Å². The summed E-state index contributed by atoms with van der Waals surface area (Å²) >= 11 is 0. The Morgan fingerprint density at radius 3 is 2.30 bits per heavy atom. The molecule has 4 aromatic rings. The Bertz CT molecular complexity index is 1340. The summed E-state index contributed by atoms with van der Waals surface area (Å²) in [5.41, 5.74) is 3.93. The van der Waals surface area contributed by atoms with Crippen LogP contribution in [0.2, 0.25) is 0 Å². The van der Waals surface area contributed by atoms with Crippen LogP contribution in [0, 0.1) is 11.6 Å². The number of H-pyrrole nitrogens is 3. The molecule has 0 spiro atoms. The fraction of sp³-hybridized carbons (Fsp3) is 0.273. The molecule has 9 nitrogen and oxygen atoms in total. The van der Waals surface area contributed by atoms with Crippen LogP contribution in [-0.2, 0) is 12.8 Å². The Morgan fingerprint density at radius 1 is 0.970 bits per heavy atom. The lowest BCUT2D eigenvalue weighted by Gasteiger charge is -2.38. The maximum Gasteiger partial charge on any atom is 0.323 e. The van der Waals surface area contributed by atoms with E-state index >= 15 is 0 Å². The maximum absolute atomic E-state index is 13.5. The van der Waals surface area contributed by atoms with Crippen LogP contribution in [0.15, 0.2) is 41.7 Å². The van der Waals surface area contributed by atoms with Crippen LogP contribution >= 0.6 is 0 Å². The highest BCUT2D eigenvalue weighted by atomic mass is 19.2. The van der Waals surface area contributed by atoms with E-state index in [9.17, 15) is 13.6 Å². The molecule has 1 aliphatic carbocycles. The van der Waals surface area contributed by atoms with Crippen molar-refractivity contribution in [1.29, 1.82) is 0 Å². The number of aromatic nitrogens is 6. The SMILES string of the molecule is O=c1[nH]cc(C2CN(c3ncc(-c4cnc(NC5Cc6cc(F)c(F)cc6C5)nc4)[nH]3)C2)[nH]1. The van der Waals surface area contributed by atoms with E-state index in [0.717, 1.165) is 47.1 Å². The normalized spacial score (nSPS) is 16.1. The number of rotatable bonds is 5. The molecule has 0 saturated carbocycles. The third kappa shape index (κ3) is 3.65. The van der Waals surface area contributed by atoms with Crippen molar-refractivity contribution < 1.29 is 8.78 Å². The number of fused-ring (bicyclic) bond motifs is 1. The lowest BCUT2D eigenvalue weighted by molar-refractivity contribution is 0.506. The minimum atomic E-state index is -0.818. The molecule has 6 rings (SSSR count). The van der Waals surface area contributed by atoms with E-state index in [1.807, 2.05) is 0 Å². The van der Waals surface area contributed by atoms with Gasteiger partial charge in [-0.1, -0.05) is 0 Å². The molecule has 2 aliphatic rings. The van der Waals surface area contributed by atoms with Crippen molar-refractivity contribution in [3.05, 3.63) is 75.9 Å². The third-order valence-corrected chi connectivity index (χ3v) is 6.27. The van der Waals surface area contributed by atoms with Gasteiger partial charge in [0.15, 0.2) is 11.6 Å². The number of aromatic amines is 3. The van der Waals surface area contributed by atoms with Crippen molar-refractivity contribution in [3.63, 3.8) is 0 Å². The molecule has 1 aromatic carbocycles. The second-order valence-corrected chi connectivity index (χ2v) is 8.50. The molecule has 0 unspecified atom stereocenters. The summed E-state index contributed by atoms with van der Waals surface area (Å²) in [6.07, 6.45) is 8.05. The van der Waals surface area contributed by atoms with Crippen molar-refractivity contribution >= 4 is 11.9 Å². The Labute approximate surface area is 186 Å². The number of anilines is 2. The van der Waals surface area contributed by atoms with E-state index in [2.05, 4.69) is 40.1 Å². The minimum absolute atomic E-state index is 0.0138. The van der Waals surface area contributed by atoms with Crippen LogP contribution in [0.4, 0.5) is 20.7 Å². The molecule has 4 N–H and O–H groups in total. The van der Waals surface area contributed by atoms with Gasteiger partial charge < -0.3 is 25.2 Å². The highest BCUT2D eigenvalue weighted by Gasteiger charge is 2.31. The summed E-state index contributed by atoms with van der Waals surface area (Å²) in [7, 11) is 0. The maximum atomic E-state index is 13.5.